The molecule has 0 aliphatic heterocycles. The molecule has 0 radical (unpaired) electrons. The first kappa shape index (κ1) is 14.4. The Bertz CT molecular complexity index is 168. The average molecular weight is 216 g/mol. The lowest BCUT2D eigenvalue weighted by atomic mass is 10.1. The van der Waals surface area contributed by atoms with Crippen molar-refractivity contribution in [3.8, 4) is 0 Å². The van der Waals surface area contributed by atoms with Crippen LogP contribution in [0, 0.1) is 0 Å². The molecular weight excluding hydrogens is 192 g/mol. The van der Waals surface area contributed by atoms with Crippen LogP contribution >= 0.6 is 0 Å². The van der Waals surface area contributed by atoms with Gasteiger partial charge in [0.2, 0.25) is 0 Å². The van der Waals surface area contributed by atoms with Gasteiger partial charge in [0.05, 0.1) is 0 Å². The molecule has 0 rings (SSSR count). The zero-order valence-corrected chi connectivity index (χ0v) is 10.2. The lowest BCUT2D eigenvalue weighted by Gasteiger charge is -2.17. The van der Waals surface area contributed by atoms with Gasteiger partial charge in [-0.05, 0) is 25.7 Å². The molecule has 0 aromatic carbocycles. The van der Waals surface area contributed by atoms with E-state index >= 15 is 0 Å². The Morgan fingerprint density at radius 3 is 2.33 bits per heavy atom. The van der Waals surface area contributed by atoms with E-state index in [1.165, 1.54) is 12.8 Å². The second-order valence-corrected chi connectivity index (χ2v) is 3.89. The molecule has 0 saturated carbocycles. The van der Waals surface area contributed by atoms with Crippen LogP contribution in [0.15, 0.2) is 0 Å². The second-order valence-electron chi connectivity index (χ2n) is 3.89. The van der Waals surface area contributed by atoms with Crippen molar-refractivity contribution in [1.29, 1.82) is 0 Å². The topological polar surface area (TPSA) is 46.5 Å². The maximum Gasteiger partial charge on any atom is 0.335 e. The van der Waals surface area contributed by atoms with Gasteiger partial charge in [-0.2, -0.15) is 0 Å². The molecule has 2 atom stereocenters. The van der Waals surface area contributed by atoms with E-state index < -0.39 is 12.1 Å². The molecule has 1 N–H and O–H groups in total. The van der Waals surface area contributed by atoms with E-state index in [2.05, 4.69) is 6.92 Å². The number of rotatable bonds is 8. The maximum absolute atomic E-state index is 11.3. The highest BCUT2D eigenvalue weighted by molar-refractivity contribution is 5.74. The summed E-state index contributed by atoms with van der Waals surface area (Å²) in [5, 5.41) is 9.27. The van der Waals surface area contributed by atoms with Crippen LogP contribution in [0.5, 0.6) is 0 Å². The van der Waals surface area contributed by atoms with E-state index in [9.17, 15) is 9.90 Å². The minimum absolute atomic E-state index is 0.0229. The Labute approximate surface area is 92.8 Å². The van der Waals surface area contributed by atoms with Crippen molar-refractivity contribution in [3.05, 3.63) is 0 Å². The SMILES string of the molecule is CCCCC[C@@H](CC)OC(=O)C(O)CC. The summed E-state index contributed by atoms with van der Waals surface area (Å²) < 4.78 is 5.21. The number of carbonyl (C=O) groups excluding carboxylic acids is 1. The van der Waals surface area contributed by atoms with Crippen molar-refractivity contribution in [2.75, 3.05) is 0 Å². The molecule has 0 aromatic rings. The average Bonchev–Trinajstić information content (AvgIpc) is 2.26. The van der Waals surface area contributed by atoms with Crippen molar-refractivity contribution >= 4 is 5.97 Å². The predicted octanol–water partition coefficient (Wildman–Crippen LogP) is 2.66. The zero-order chi connectivity index (χ0) is 11.7. The van der Waals surface area contributed by atoms with Crippen LogP contribution < -0.4 is 0 Å². The first-order valence-electron chi connectivity index (χ1n) is 6.04. The van der Waals surface area contributed by atoms with Crippen molar-refractivity contribution in [2.45, 2.75) is 71.5 Å². The Kier molecular flexibility index (Phi) is 8.38. The van der Waals surface area contributed by atoms with Crippen LogP contribution in [-0.2, 0) is 9.53 Å². The van der Waals surface area contributed by atoms with E-state index in [-0.39, 0.29) is 6.10 Å². The minimum atomic E-state index is -0.953. The zero-order valence-electron chi connectivity index (χ0n) is 10.2. The summed E-state index contributed by atoms with van der Waals surface area (Å²) in [5.41, 5.74) is 0. The molecule has 0 heterocycles. The largest absolute Gasteiger partial charge is 0.460 e. The fraction of sp³-hybridized carbons (Fsp3) is 0.917. The highest BCUT2D eigenvalue weighted by Gasteiger charge is 2.18. The number of carbonyl (C=O) groups is 1. The van der Waals surface area contributed by atoms with Gasteiger partial charge in [-0.15, -0.1) is 0 Å². The van der Waals surface area contributed by atoms with Gasteiger partial charge in [0, 0.05) is 0 Å². The number of ether oxygens (including phenoxy) is 1. The third-order valence-corrected chi connectivity index (χ3v) is 2.53. The van der Waals surface area contributed by atoms with Crippen LogP contribution in [0.25, 0.3) is 0 Å². The second kappa shape index (κ2) is 8.72. The van der Waals surface area contributed by atoms with Crippen molar-refractivity contribution in [3.63, 3.8) is 0 Å². The number of hydrogen-bond donors (Lipinski definition) is 1. The van der Waals surface area contributed by atoms with Gasteiger partial charge in [0.1, 0.15) is 6.10 Å². The van der Waals surface area contributed by atoms with Crippen LogP contribution in [-0.4, -0.2) is 23.3 Å². The molecule has 0 bridgehead atoms. The predicted molar refractivity (Wildman–Crippen MR) is 60.6 cm³/mol. The molecule has 0 amide bonds. The Hall–Kier alpha value is -0.570. The summed E-state index contributed by atoms with van der Waals surface area (Å²) in [7, 11) is 0. The molecule has 3 heteroatoms. The lowest BCUT2D eigenvalue weighted by molar-refractivity contribution is -0.159. The summed E-state index contributed by atoms with van der Waals surface area (Å²) >= 11 is 0. The Balaban J connectivity index is 3.82. The highest BCUT2D eigenvalue weighted by Crippen LogP contribution is 2.11. The number of unbranched alkanes of at least 4 members (excludes halogenated alkanes) is 2. The van der Waals surface area contributed by atoms with Crippen LogP contribution in [0.2, 0.25) is 0 Å². The van der Waals surface area contributed by atoms with Gasteiger partial charge in [-0.3, -0.25) is 0 Å². The van der Waals surface area contributed by atoms with E-state index in [1.807, 2.05) is 6.92 Å². The van der Waals surface area contributed by atoms with Crippen molar-refractivity contribution in [1.82, 2.24) is 0 Å². The van der Waals surface area contributed by atoms with E-state index in [1.54, 1.807) is 6.92 Å². The van der Waals surface area contributed by atoms with Crippen molar-refractivity contribution in [2.24, 2.45) is 0 Å². The number of hydrogen-bond acceptors (Lipinski definition) is 3. The lowest BCUT2D eigenvalue weighted by Crippen LogP contribution is -2.27. The van der Waals surface area contributed by atoms with Gasteiger partial charge >= 0.3 is 5.97 Å². The van der Waals surface area contributed by atoms with E-state index in [0.717, 1.165) is 19.3 Å². The fourth-order valence-corrected chi connectivity index (χ4v) is 1.38. The summed E-state index contributed by atoms with van der Waals surface area (Å²) in [6.45, 7) is 5.92. The molecule has 0 spiro atoms. The quantitative estimate of drug-likeness (QED) is 0.501. The van der Waals surface area contributed by atoms with E-state index in [4.69, 9.17) is 4.74 Å². The molecule has 3 nitrogen and oxygen atoms in total. The summed E-state index contributed by atoms with van der Waals surface area (Å²) in [6.07, 6.45) is 4.61. The number of aliphatic hydroxyl groups excluding tert-OH is 1. The molecule has 1 unspecified atom stereocenters. The maximum atomic E-state index is 11.3. The van der Waals surface area contributed by atoms with Gasteiger partial charge in [0.15, 0.2) is 6.10 Å². The highest BCUT2D eigenvalue weighted by atomic mass is 16.6. The molecule has 0 aliphatic rings. The fourth-order valence-electron chi connectivity index (χ4n) is 1.38. The summed E-state index contributed by atoms with van der Waals surface area (Å²) in [5.74, 6) is -0.471. The molecule has 0 fully saturated rings. The summed E-state index contributed by atoms with van der Waals surface area (Å²) in [4.78, 5) is 11.3. The van der Waals surface area contributed by atoms with E-state index in [0.29, 0.717) is 6.42 Å². The van der Waals surface area contributed by atoms with Gasteiger partial charge in [-0.1, -0.05) is 33.6 Å². The third kappa shape index (κ3) is 6.50. The third-order valence-electron chi connectivity index (χ3n) is 2.53. The van der Waals surface area contributed by atoms with Gasteiger partial charge < -0.3 is 9.84 Å². The van der Waals surface area contributed by atoms with Crippen molar-refractivity contribution < 1.29 is 14.6 Å². The number of aliphatic hydroxyl groups is 1. The summed E-state index contributed by atoms with van der Waals surface area (Å²) in [6, 6.07) is 0. The van der Waals surface area contributed by atoms with Gasteiger partial charge in [-0.25, -0.2) is 4.79 Å². The minimum Gasteiger partial charge on any atom is -0.460 e. The molecule has 0 aromatic heterocycles. The normalized spacial score (nSPS) is 14.7. The first-order chi connectivity index (χ1) is 7.15. The Morgan fingerprint density at radius 2 is 1.87 bits per heavy atom. The Morgan fingerprint density at radius 1 is 1.20 bits per heavy atom. The standard InChI is InChI=1S/C12H24O3/c1-4-7-8-9-10(5-2)15-12(14)11(13)6-3/h10-11,13H,4-9H2,1-3H3/t10-,11?/m1/s1. The molecule has 90 valence electrons. The smallest absolute Gasteiger partial charge is 0.335 e. The van der Waals surface area contributed by atoms with Crippen LogP contribution in [0.4, 0.5) is 0 Å². The molecule has 0 aliphatic carbocycles. The van der Waals surface area contributed by atoms with Gasteiger partial charge in [0.25, 0.3) is 0 Å². The monoisotopic (exact) mass is 216 g/mol. The van der Waals surface area contributed by atoms with Crippen LogP contribution in [0.1, 0.15) is 59.3 Å². The first-order valence-corrected chi connectivity index (χ1v) is 6.04. The molecule has 15 heavy (non-hydrogen) atoms. The van der Waals surface area contributed by atoms with Crippen LogP contribution in [0.3, 0.4) is 0 Å². The molecule has 0 saturated heterocycles. The number of esters is 1. The molecular formula is C12H24O3.